The molecule has 4 saturated carbocycles. The average molecular weight is 384 g/mol. The maximum Gasteiger partial charge on any atom is 0.161 e. The molecule has 6 nitrogen and oxygen atoms in total. The maximum atomic E-state index is 10.6. The molecule has 0 spiro atoms. The third-order valence-corrected chi connectivity index (χ3v) is 7.39. The van der Waals surface area contributed by atoms with E-state index in [2.05, 4.69) is 0 Å². The van der Waals surface area contributed by atoms with Crippen LogP contribution < -0.4 is 0 Å². The van der Waals surface area contributed by atoms with Crippen LogP contribution in [0.25, 0.3) is 0 Å². The second kappa shape index (κ2) is 5.40. The van der Waals surface area contributed by atoms with E-state index < -0.39 is 0 Å². The number of rotatable bonds is 2. The van der Waals surface area contributed by atoms with Gasteiger partial charge in [0.2, 0.25) is 0 Å². The van der Waals surface area contributed by atoms with E-state index in [4.69, 9.17) is 0 Å². The van der Waals surface area contributed by atoms with E-state index in [1.807, 2.05) is 0 Å². The predicted octanol–water partition coefficient (Wildman–Crippen LogP) is 3.71. The zero-order chi connectivity index (χ0) is 19.8. The van der Waals surface area contributed by atoms with Crippen molar-refractivity contribution in [3.8, 4) is 34.5 Å². The Morgan fingerprint density at radius 3 is 1.29 bits per heavy atom. The molecule has 4 aliphatic carbocycles. The number of benzene rings is 2. The van der Waals surface area contributed by atoms with Gasteiger partial charge in [-0.1, -0.05) is 0 Å². The van der Waals surface area contributed by atoms with E-state index in [0.717, 1.165) is 32.1 Å². The first-order chi connectivity index (χ1) is 13.2. The van der Waals surface area contributed by atoms with Crippen molar-refractivity contribution in [2.45, 2.75) is 49.4 Å². The maximum absolute atomic E-state index is 10.6. The Morgan fingerprint density at radius 1 is 0.536 bits per heavy atom. The molecule has 0 atom stereocenters. The zero-order valence-corrected chi connectivity index (χ0v) is 15.4. The lowest BCUT2D eigenvalue weighted by molar-refractivity contribution is -0.0299. The SMILES string of the molecule is Oc1cc(O)c(C23CC4CC(C2)CC(c2cc(O)c(O)cc2O)(C4)C3)cc1O. The lowest BCUT2D eigenvalue weighted by Gasteiger charge is -2.62. The second-order valence-corrected chi connectivity index (χ2v) is 9.24. The first-order valence-electron chi connectivity index (χ1n) is 9.72. The van der Waals surface area contributed by atoms with Crippen molar-refractivity contribution in [1.82, 2.24) is 0 Å². The van der Waals surface area contributed by atoms with Crippen molar-refractivity contribution < 1.29 is 30.6 Å². The van der Waals surface area contributed by atoms with Gasteiger partial charge in [-0.3, -0.25) is 0 Å². The van der Waals surface area contributed by atoms with E-state index in [-0.39, 0.29) is 45.3 Å². The van der Waals surface area contributed by atoms with Gasteiger partial charge < -0.3 is 30.6 Å². The zero-order valence-electron chi connectivity index (χ0n) is 15.4. The molecule has 2 aromatic rings. The van der Waals surface area contributed by atoms with Gasteiger partial charge in [-0.2, -0.15) is 0 Å². The highest BCUT2D eigenvalue weighted by Gasteiger charge is 2.60. The first kappa shape index (κ1) is 17.3. The molecule has 6 N–H and O–H groups in total. The van der Waals surface area contributed by atoms with Gasteiger partial charge in [-0.05, 0) is 62.5 Å². The Kier molecular flexibility index (Phi) is 3.35. The fourth-order valence-electron chi connectivity index (χ4n) is 6.87. The van der Waals surface area contributed by atoms with Crippen LogP contribution in [0.3, 0.4) is 0 Å². The lowest BCUT2D eigenvalue weighted by atomic mass is 9.41. The summed E-state index contributed by atoms with van der Waals surface area (Å²) in [4.78, 5) is 0. The van der Waals surface area contributed by atoms with Crippen LogP contribution >= 0.6 is 0 Å². The van der Waals surface area contributed by atoms with Crippen molar-refractivity contribution >= 4 is 0 Å². The molecule has 6 heteroatoms. The van der Waals surface area contributed by atoms with Crippen molar-refractivity contribution in [3.63, 3.8) is 0 Å². The largest absolute Gasteiger partial charge is 0.508 e. The Balaban J connectivity index is 1.66. The molecule has 0 amide bonds. The summed E-state index contributed by atoms with van der Waals surface area (Å²) in [6, 6.07) is 5.33. The molecule has 0 saturated heterocycles. The summed E-state index contributed by atoms with van der Waals surface area (Å²) in [6.07, 6.45) is 5.30. The molecule has 4 bridgehead atoms. The van der Waals surface area contributed by atoms with Crippen LogP contribution in [0.4, 0.5) is 0 Å². The van der Waals surface area contributed by atoms with E-state index in [1.54, 1.807) is 0 Å². The summed E-state index contributed by atoms with van der Waals surface area (Å²) < 4.78 is 0. The van der Waals surface area contributed by atoms with Crippen LogP contribution in [0.15, 0.2) is 24.3 Å². The van der Waals surface area contributed by atoms with Crippen LogP contribution in [0, 0.1) is 11.8 Å². The summed E-state index contributed by atoms with van der Waals surface area (Å²) in [5, 5.41) is 60.7. The van der Waals surface area contributed by atoms with Gasteiger partial charge in [0.1, 0.15) is 11.5 Å². The van der Waals surface area contributed by atoms with Crippen LogP contribution in [0.2, 0.25) is 0 Å². The fraction of sp³-hybridized carbons (Fsp3) is 0.455. The number of phenols is 6. The molecular formula is C22H24O6. The quantitative estimate of drug-likeness (QED) is 0.347. The normalized spacial score (nSPS) is 33.3. The van der Waals surface area contributed by atoms with Crippen molar-refractivity contribution in [3.05, 3.63) is 35.4 Å². The van der Waals surface area contributed by atoms with Gasteiger partial charge in [-0.15, -0.1) is 0 Å². The monoisotopic (exact) mass is 384 g/mol. The van der Waals surface area contributed by atoms with Crippen molar-refractivity contribution in [1.29, 1.82) is 0 Å². The lowest BCUT2D eigenvalue weighted by Crippen LogP contribution is -2.55. The molecule has 28 heavy (non-hydrogen) atoms. The Bertz CT molecular complexity index is 892. The summed E-state index contributed by atoms with van der Waals surface area (Å²) in [5.74, 6) is -0.414. The van der Waals surface area contributed by atoms with Crippen molar-refractivity contribution in [2.75, 3.05) is 0 Å². The second-order valence-electron chi connectivity index (χ2n) is 9.24. The number of phenolic OH excluding ortho intramolecular Hbond substituents is 6. The smallest absolute Gasteiger partial charge is 0.161 e. The van der Waals surface area contributed by atoms with Gasteiger partial charge in [-0.25, -0.2) is 0 Å². The minimum atomic E-state index is -0.362. The van der Waals surface area contributed by atoms with Gasteiger partial charge in [0.25, 0.3) is 0 Å². The molecule has 4 aliphatic rings. The van der Waals surface area contributed by atoms with Crippen LogP contribution in [-0.4, -0.2) is 30.6 Å². The average Bonchev–Trinajstić information content (AvgIpc) is 2.60. The molecule has 0 aliphatic heterocycles. The Labute approximate surface area is 162 Å². The van der Waals surface area contributed by atoms with E-state index in [9.17, 15) is 30.6 Å². The van der Waals surface area contributed by atoms with Gasteiger partial charge in [0.15, 0.2) is 23.0 Å². The van der Waals surface area contributed by atoms with Gasteiger partial charge >= 0.3 is 0 Å². The highest BCUT2D eigenvalue weighted by atomic mass is 16.3. The number of hydrogen-bond donors (Lipinski definition) is 6. The molecule has 0 aromatic heterocycles. The summed E-state index contributed by atoms with van der Waals surface area (Å²) in [6.45, 7) is 0. The van der Waals surface area contributed by atoms with Crippen molar-refractivity contribution in [2.24, 2.45) is 11.8 Å². The molecule has 6 rings (SSSR count). The number of aromatic hydroxyl groups is 6. The molecule has 2 aromatic carbocycles. The predicted molar refractivity (Wildman–Crippen MR) is 101 cm³/mol. The molecule has 148 valence electrons. The van der Waals surface area contributed by atoms with Crippen LogP contribution in [0.5, 0.6) is 34.5 Å². The Morgan fingerprint density at radius 2 is 0.893 bits per heavy atom. The summed E-state index contributed by atoms with van der Waals surface area (Å²) >= 11 is 0. The molecule has 0 radical (unpaired) electrons. The Hall–Kier alpha value is -2.76. The third-order valence-electron chi connectivity index (χ3n) is 7.39. The molecular weight excluding hydrogens is 360 g/mol. The van der Waals surface area contributed by atoms with E-state index in [1.165, 1.54) is 24.3 Å². The molecule has 0 unspecified atom stereocenters. The first-order valence-corrected chi connectivity index (χ1v) is 9.72. The minimum Gasteiger partial charge on any atom is -0.508 e. The van der Waals surface area contributed by atoms with Crippen LogP contribution in [0.1, 0.15) is 49.7 Å². The fourth-order valence-corrected chi connectivity index (χ4v) is 6.87. The van der Waals surface area contributed by atoms with Crippen LogP contribution in [-0.2, 0) is 10.8 Å². The highest BCUT2D eigenvalue weighted by molar-refractivity contribution is 5.55. The summed E-state index contributed by atoms with van der Waals surface area (Å²) in [5.41, 5.74) is 0.561. The molecule has 0 heterocycles. The van der Waals surface area contributed by atoms with E-state index >= 15 is 0 Å². The number of hydrogen-bond acceptors (Lipinski definition) is 6. The van der Waals surface area contributed by atoms with Gasteiger partial charge in [0, 0.05) is 34.1 Å². The standard InChI is InChI=1S/C22H24O6/c23-15-4-19(27)17(25)2-13(15)21-6-11-1-12(7-21)9-22(8-11,10-21)14-3-18(26)20(28)5-16(14)24/h2-5,11-12,23-28H,1,6-10H2. The third kappa shape index (κ3) is 2.26. The van der Waals surface area contributed by atoms with Gasteiger partial charge in [0.05, 0.1) is 0 Å². The topological polar surface area (TPSA) is 121 Å². The van der Waals surface area contributed by atoms with E-state index in [0.29, 0.717) is 29.4 Å². The summed E-state index contributed by atoms with van der Waals surface area (Å²) in [7, 11) is 0. The highest BCUT2D eigenvalue weighted by Crippen LogP contribution is 2.68. The molecule has 4 fully saturated rings. The minimum absolute atomic E-state index is 0.0230.